The van der Waals surface area contributed by atoms with Crippen LogP contribution in [0.3, 0.4) is 0 Å². The maximum absolute atomic E-state index is 12.9. The van der Waals surface area contributed by atoms with Crippen molar-refractivity contribution in [1.29, 1.82) is 0 Å². The fraction of sp³-hybridized carbons (Fsp3) is 0.444. The predicted molar refractivity (Wildman–Crippen MR) is 91.1 cm³/mol. The maximum Gasteiger partial charge on any atom is 0.224 e. The average molecular weight is 314 g/mol. The molecular formula is C18H23FN4. The van der Waals surface area contributed by atoms with E-state index in [-0.39, 0.29) is 5.82 Å². The summed E-state index contributed by atoms with van der Waals surface area (Å²) in [5, 5.41) is 6.73. The minimum Gasteiger partial charge on any atom is -0.370 e. The molecule has 0 spiro atoms. The minimum atomic E-state index is -0.198. The van der Waals surface area contributed by atoms with E-state index in [1.807, 2.05) is 18.2 Å². The maximum atomic E-state index is 12.9. The lowest BCUT2D eigenvalue weighted by Crippen LogP contribution is -2.23. The van der Waals surface area contributed by atoms with Crippen LogP contribution >= 0.6 is 0 Å². The Morgan fingerprint density at radius 1 is 1.04 bits per heavy atom. The molecule has 5 heteroatoms. The van der Waals surface area contributed by atoms with Gasteiger partial charge in [0.15, 0.2) is 0 Å². The molecule has 4 nitrogen and oxygen atoms in total. The van der Waals surface area contributed by atoms with Crippen molar-refractivity contribution in [3.8, 4) is 0 Å². The van der Waals surface area contributed by atoms with Gasteiger partial charge in [0.1, 0.15) is 11.6 Å². The number of rotatable bonds is 6. The van der Waals surface area contributed by atoms with Crippen LogP contribution in [0.5, 0.6) is 0 Å². The third-order valence-corrected chi connectivity index (χ3v) is 4.23. The molecule has 1 saturated carbocycles. The fourth-order valence-corrected chi connectivity index (χ4v) is 2.94. The molecule has 122 valence electrons. The number of aromatic nitrogens is 2. The minimum absolute atomic E-state index is 0.198. The van der Waals surface area contributed by atoms with Gasteiger partial charge in [-0.1, -0.05) is 31.4 Å². The molecule has 0 aliphatic heterocycles. The van der Waals surface area contributed by atoms with Gasteiger partial charge >= 0.3 is 0 Å². The number of benzene rings is 1. The van der Waals surface area contributed by atoms with Crippen molar-refractivity contribution in [3.63, 3.8) is 0 Å². The van der Waals surface area contributed by atoms with Crippen LogP contribution in [-0.4, -0.2) is 22.6 Å². The second-order valence-electron chi connectivity index (χ2n) is 6.05. The molecule has 1 heterocycles. The van der Waals surface area contributed by atoms with E-state index in [1.54, 1.807) is 6.20 Å². The smallest absolute Gasteiger partial charge is 0.224 e. The van der Waals surface area contributed by atoms with Crippen molar-refractivity contribution in [2.45, 2.75) is 44.6 Å². The van der Waals surface area contributed by atoms with Crippen LogP contribution in [0.1, 0.15) is 37.7 Å². The van der Waals surface area contributed by atoms with Crippen LogP contribution in [0, 0.1) is 5.82 Å². The highest BCUT2D eigenvalue weighted by atomic mass is 19.1. The highest BCUT2D eigenvalue weighted by molar-refractivity contribution is 5.40. The molecule has 1 aromatic heterocycles. The van der Waals surface area contributed by atoms with Gasteiger partial charge in [-0.05, 0) is 43.0 Å². The third kappa shape index (κ3) is 4.91. The van der Waals surface area contributed by atoms with Crippen molar-refractivity contribution in [2.24, 2.45) is 0 Å². The zero-order valence-electron chi connectivity index (χ0n) is 13.3. The number of nitrogens with zero attached hydrogens (tertiary/aromatic N) is 2. The monoisotopic (exact) mass is 314 g/mol. The highest BCUT2D eigenvalue weighted by Crippen LogP contribution is 2.20. The van der Waals surface area contributed by atoms with Crippen LogP contribution < -0.4 is 10.6 Å². The van der Waals surface area contributed by atoms with Crippen molar-refractivity contribution >= 4 is 11.8 Å². The Morgan fingerprint density at radius 3 is 2.61 bits per heavy atom. The predicted octanol–water partition coefficient (Wildman–Crippen LogP) is 4.01. The van der Waals surface area contributed by atoms with Crippen LogP contribution in [-0.2, 0) is 6.42 Å². The summed E-state index contributed by atoms with van der Waals surface area (Å²) >= 11 is 0. The molecule has 0 saturated heterocycles. The quantitative estimate of drug-likeness (QED) is 0.845. The SMILES string of the molecule is Fc1ccc(CCNc2ccnc(NC3CCCCC3)n2)cc1. The molecule has 3 rings (SSSR count). The lowest BCUT2D eigenvalue weighted by Gasteiger charge is -2.22. The molecule has 0 unspecified atom stereocenters. The summed E-state index contributed by atoms with van der Waals surface area (Å²) in [6.07, 6.45) is 8.91. The van der Waals surface area contributed by atoms with Gasteiger partial charge < -0.3 is 10.6 Å². The number of hydrogen-bond donors (Lipinski definition) is 2. The summed E-state index contributed by atoms with van der Waals surface area (Å²) in [6.45, 7) is 0.755. The largest absolute Gasteiger partial charge is 0.370 e. The Labute approximate surface area is 136 Å². The number of halogens is 1. The zero-order chi connectivity index (χ0) is 15.9. The van der Waals surface area contributed by atoms with Gasteiger partial charge in [0.25, 0.3) is 0 Å². The molecule has 23 heavy (non-hydrogen) atoms. The molecule has 0 radical (unpaired) electrons. The van der Waals surface area contributed by atoms with E-state index in [4.69, 9.17) is 0 Å². The van der Waals surface area contributed by atoms with Gasteiger partial charge in [-0.2, -0.15) is 4.98 Å². The van der Waals surface area contributed by atoms with Crippen LogP contribution in [0.4, 0.5) is 16.2 Å². The first-order chi connectivity index (χ1) is 11.3. The van der Waals surface area contributed by atoms with Crippen LogP contribution in [0.2, 0.25) is 0 Å². The molecule has 0 bridgehead atoms. The van der Waals surface area contributed by atoms with E-state index < -0.39 is 0 Å². The average Bonchev–Trinajstić information content (AvgIpc) is 2.58. The second-order valence-corrected chi connectivity index (χ2v) is 6.05. The molecule has 1 aromatic carbocycles. The summed E-state index contributed by atoms with van der Waals surface area (Å²) < 4.78 is 12.9. The molecule has 0 atom stereocenters. The first kappa shape index (κ1) is 15.7. The van der Waals surface area contributed by atoms with Gasteiger partial charge in [0, 0.05) is 18.8 Å². The lowest BCUT2D eigenvalue weighted by atomic mass is 9.96. The van der Waals surface area contributed by atoms with Crippen LogP contribution in [0.15, 0.2) is 36.5 Å². The van der Waals surface area contributed by atoms with E-state index in [0.717, 1.165) is 24.3 Å². The van der Waals surface area contributed by atoms with Crippen LogP contribution in [0.25, 0.3) is 0 Å². The summed E-state index contributed by atoms with van der Waals surface area (Å²) in [5.41, 5.74) is 1.11. The van der Waals surface area contributed by atoms with Crippen molar-refractivity contribution in [1.82, 2.24) is 9.97 Å². The molecular weight excluding hydrogens is 291 g/mol. The van der Waals surface area contributed by atoms with Gasteiger partial charge in [-0.25, -0.2) is 9.37 Å². The van der Waals surface area contributed by atoms with Crippen molar-refractivity contribution in [2.75, 3.05) is 17.2 Å². The first-order valence-corrected chi connectivity index (χ1v) is 8.37. The lowest BCUT2D eigenvalue weighted by molar-refractivity contribution is 0.461. The number of anilines is 2. The summed E-state index contributed by atoms with van der Waals surface area (Å²) in [7, 11) is 0. The molecule has 2 N–H and O–H groups in total. The van der Waals surface area contributed by atoms with E-state index in [2.05, 4.69) is 20.6 Å². The van der Waals surface area contributed by atoms with Gasteiger partial charge in [-0.15, -0.1) is 0 Å². The molecule has 2 aromatic rings. The Kier molecular flexibility index (Phi) is 5.40. The fourth-order valence-electron chi connectivity index (χ4n) is 2.94. The van der Waals surface area contributed by atoms with Crippen molar-refractivity contribution in [3.05, 3.63) is 47.9 Å². The Balaban J connectivity index is 1.49. The number of nitrogens with one attached hydrogen (secondary N) is 2. The standard InChI is InChI=1S/C18H23FN4/c19-15-8-6-14(7-9-15)10-12-20-17-11-13-21-18(23-17)22-16-4-2-1-3-5-16/h6-9,11,13,16H,1-5,10,12H2,(H2,20,21,22,23). The summed E-state index contributed by atoms with van der Waals surface area (Å²) in [6, 6.07) is 8.98. The molecule has 1 fully saturated rings. The number of hydrogen-bond acceptors (Lipinski definition) is 4. The molecule has 1 aliphatic carbocycles. The van der Waals surface area contributed by atoms with E-state index in [1.165, 1.54) is 44.2 Å². The molecule has 0 amide bonds. The van der Waals surface area contributed by atoms with Gasteiger partial charge in [-0.3, -0.25) is 0 Å². The van der Waals surface area contributed by atoms with E-state index >= 15 is 0 Å². The Bertz CT molecular complexity index is 609. The Hall–Kier alpha value is -2.17. The molecule has 1 aliphatic rings. The summed E-state index contributed by atoms with van der Waals surface area (Å²) in [4.78, 5) is 8.82. The second kappa shape index (κ2) is 7.90. The van der Waals surface area contributed by atoms with Gasteiger partial charge in [0.2, 0.25) is 5.95 Å². The summed E-state index contributed by atoms with van der Waals surface area (Å²) in [5.74, 6) is 1.32. The normalized spacial score (nSPS) is 15.3. The first-order valence-electron chi connectivity index (χ1n) is 8.37. The Morgan fingerprint density at radius 2 is 1.83 bits per heavy atom. The zero-order valence-corrected chi connectivity index (χ0v) is 13.3. The van der Waals surface area contributed by atoms with Gasteiger partial charge in [0.05, 0.1) is 0 Å². The van der Waals surface area contributed by atoms with E-state index in [9.17, 15) is 4.39 Å². The third-order valence-electron chi connectivity index (χ3n) is 4.23. The topological polar surface area (TPSA) is 49.8 Å². The van der Waals surface area contributed by atoms with Crippen molar-refractivity contribution < 1.29 is 4.39 Å². The highest BCUT2D eigenvalue weighted by Gasteiger charge is 2.14. The van der Waals surface area contributed by atoms with E-state index in [0.29, 0.717) is 12.0 Å².